The van der Waals surface area contributed by atoms with Crippen molar-refractivity contribution in [1.82, 2.24) is 14.7 Å². The lowest BCUT2D eigenvalue weighted by Gasteiger charge is -2.20. The predicted octanol–water partition coefficient (Wildman–Crippen LogP) is 0.556. The Kier molecular flexibility index (Phi) is 5.32. The molecule has 0 bridgehead atoms. The zero-order valence-electron chi connectivity index (χ0n) is 14.6. The lowest BCUT2D eigenvalue weighted by atomic mass is 10.1. The van der Waals surface area contributed by atoms with Crippen LogP contribution in [0.25, 0.3) is 10.8 Å². The number of aliphatic hydroxyl groups excluding tert-OH is 1. The van der Waals surface area contributed by atoms with Crippen LogP contribution in [0.2, 0.25) is 0 Å². The molecule has 1 aliphatic rings. The van der Waals surface area contributed by atoms with Crippen molar-refractivity contribution in [1.29, 1.82) is 0 Å². The Balaban J connectivity index is 1.91. The highest BCUT2D eigenvalue weighted by Gasteiger charge is 2.28. The van der Waals surface area contributed by atoms with Crippen molar-refractivity contribution in [2.24, 2.45) is 0 Å². The van der Waals surface area contributed by atoms with Crippen molar-refractivity contribution in [2.45, 2.75) is 32.4 Å². The normalized spacial score (nSPS) is 15.2. The minimum absolute atomic E-state index is 0.0355. The van der Waals surface area contributed by atoms with Gasteiger partial charge < -0.3 is 14.7 Å². The molecule has 0 saturated carbocycles. The van der Waals surface area contributed by atoms with Crippen LogP contribution < -0.4 is 5.56 Å². The minimum Gasteiger partial charge on any atom is -0.448 e. The number of rotatable bonds is 5. The smallest absolute Gasteiger partial charge is 0.360 e. The summed E-state index contributed by atoms with van der Waals surface area (Å²) in [4.78, 5) is 39.0. The number of benzene rings is 1. The molecule has 8 nitrogen and oxygen atoms in total. The molecule has 1 aromatic heterocycles. The number of aromatic nitrogens is 2. The molecule has 138 valence electrons. The Morgan fingerprint density at radius 3 is 2.54 bits per heavy atom. The monoisotopic (exact) mass is 359 g/mol. The molecule has 1 saturated heterocycles. The quantitative estimate of drug-likeness (QED) is 0.783. The summed E-state index contributed by atoms with van der Waals surface area (Å²) >= 11 is 0. The molecular weight excluding hydrogens is 338 g/mol. The van der Waals surface area contributed by atoms with Gasteiger partial charge in [-0.3, -0.25) is 9.59 Å². The van der Waals surface area contributed by atoms with E-state index in [-0.39, 0.29) is 24.8 Å². The van der Waals surface area contributed by atoms with Gasteiger partial charge in [-0.05, 0) is 25.8 Å². The van der Waals surface area contributed by atoms with Crippen LogP contribution in [-0.4, -0.2) is 57.5 Å². The van der Waals surface area contributed by atoms with E-state index in [2.05, 4.69) is 5.10 Å². The van der Waals surface area contributed by atoms with Gasteiger partial charge in [0.25, 0.3) is 11.5 Å². The van der Waals surface area contributed by atoms with Crippen molar-refractivity contribution >= 4 is 22.6 Å². The Hall–Kier alpha value is -2.74. The summed E-state index contributed by atoms with van der Waals surface area (Å²) in [5.41, 5.74) is -0.442. The van der Waals surface area contributed by atoms with E-state index >= 15 is 0 Å². The molecule has 8 heteroatoms. The van der Waals surface area contributed by atoms with Crippen molar-refractivity contribution in [3.05, 3.63) is 40.3 Å². The number of amides is 1. The van der Waals surface area contributed by atoms with Crippen LogP contribution >= 0.6 is 0 Å². The largest absolute Gasteiger partial charge is 0.448 e. The number of carbonyl (C=O) groups excluding carboxylic acids is 2. The highest BCUT2D eigenvalue weighted by atomic mass is 16.5. The molecule has 26 heavy (non-hydrogen) atoms. The number of ether oxygens (including phenoxy) is 1. The summed E-state index contributed by atoms with van der Waals surface area (Å²) in [5, 5.41) is 13.8. The van der Waals surface area contributed by atoms with Crippen LogP contribution in [-0.2, 0) is 16.1 Å². The Morgan fingerprint density at radius 1 is 1.23 bits per heavy atom. The molecule has 1 N–H and O–H groups in total. The van der Waals surface area contributed by atoms with Crippen LogP contribution in [0.1, 0.15) is 30.3 Å². The Morgan fingerprint density at radius 2 is 1.88 bits per heavy atom. The molecule has 0 spiro atoms. The van der Waals surface area contributed by atoms with Gasteiger partial charge in [0.2, 0.25) is 0 Å². The molecule has 1 aromatic carbocycles. The minimum atomic E-state index is -0.931. The average molecular weight is 359 g/mol. The van der Waals surface area contributed by atoms with E-state index in [1.807, 2.05) is 0 Å². The molecule has 0 unspecified atom stereocenters. The maximum absolute atomic E-state index is 12.6. The fraction of sp³-hybridized carbons (Fsp3) is 0.444. The second-order valence-electron chi connectivity index (χ2n) is 6.23. The van der Waals surface area contributed by atoms with Gasteiger partial charge in [0.05, 0.1) is 18.5 Å². The third kappa shape index (κ3) is 3.45. The molecule has 3 rings (SSSR count). The molecule has 1 aliphatic heterocycles. The van der Waals surface area contributed by atoms with Gasteiger partial charge in [0.1, 0.15) is 0 Å². The molecule has 2 heterocycles. The molecule has 1 amide bonds. The summed E-state index contributed by atoms with van der Waals surface area (Å²) in [6.07, 6.45) is 0.967. The van der Waals surface area contributed by atoms with Crippen molar-refractivity contribution in [3.63, 3.8) is 0 Å². The number of aliphatic hydroxyl groups is 1. The van der Waals surface area contributed by atoms with Gasteiger partial charge in [-0.1, -0.05) is 18.2 Å². The molecule has 2 aromatic rings. The third-order valence-corrected chi connectivity index (χ3v) is 4.42. The number of carbonyl (C=O) groups is 2. The van der Waals surface area contributed by atoms with E-state index < -0.39 is 17.6 Å². The molecule has 0 radical (unpaired) electrons. The van der Waals surface area contributed by atoms with Crippen LogP contribution in [0.15, 0.2) is 29.1 Å². The zero-order chi connectivity index (χ0) is 18.7. The first-order valence-electron chi connectivity index (χ1n) is 8.63. The fourth-order valence-corrected chi connectivity index (χ4v) is 3.09. The van der Waals surface area contributed by atoms with Gasteiger partial charge in [0, 0.05) is 18.5 Å². The SMILES string of the molecule is C[C@@H](OC(=O)c1nn(CCO)c(=O)c2ccccc12)C(=O)N1CCCC1. The van der Waals surface area contributed by atoms with E-state index in [1.54, 1.807) is 29.2 Å². The Labute approximate surface area is 150 Å². The first-order valence-corrected chi connectivity index (χ1v) is 8.63. The molecule has 1 atom stereocenters. The van der Waals surface area contributed by atoms with E-state index in [0.29, 0.717) is 23.9 Å². The maximum atomic E-state index is 12.6. The molecule has 0 aliphatic carbocycles. The van der Waals surface area contributed by atoms with Crippen LogP contribution in [0.3, 0.4) is 0 Å². The van der Waals surface area contributed by atoms with E-state index in [4.69, 9.17) is 9.84 Å². The van der Waals surface area contributed by atoms with Gasteiger partial charge in [-0.2, -0.15) is 5.10 Å². The van der Waals surface area contributed by atoms with Gasteiger partial charge in [0.15, 0.2) is 11.8 Å². The standard InChI is InChI=1S/C18H21N3O5/c1-12(16(23)20-8-4-5-9-20)26-18(25)15-13-6-2-3-7-14(13)17(24)21(19-15)10-11-22/h2-3,6-7,12,22H,4-5,8-11H2,1H3/t12-/m1/s1. The fourth-order valence-electron chi connectivity index (χ4n) is 3.09. The molecule has 1 fully saturated rings. The zero-order valence-corrected chi connectivity index (χ0v) is 14.6. The maximum Gasteiger partial charge on any atom is 0.360 e. The van der Waals surface area contributed by atoms with Crippen LogP contribution in [0.4, 0.5) is 0 Å². The lowest BCUT2D eigenvalue weighted by molar-refractivity contribution is -0.138. The number of hydrogen-bond acceptors (Lipinski definition) is 6. The van der Waals surface area contributed by atoms with Gasteiger partial charge in [-0.25, -0.2) is 9.48 Å². The summed E-state index contributed by atoms with van der Waals surface area (Å²) < 4.78 is 6.35. The van der Waals surface area contributed by atoms with Crippen LogP contribution in [0, 0.1) is 0 Å². The van der Waals surface area contributed by atoms with Gasteiger partial charge in [-0.15, -0.1) is 0 Å². The van der Waals surface area contributed by atoms with E-state index in [0.717, 1.165) is 17.5 Å². The van der Waals surface area contributed by atoms with E-state index in [9.17, 15) is 14.4 Å². The highest BCUT2D eigenvalue weighted by molar-refractivity contribution is 6.02. The second-order valence-corrected chi connectivity index (χ2v) is 6.23. The van der Waals surface area contributed by atoms with Crippen LogP contribution in [0.5, 0.6) is 0 Å². The number of fused-ring (bicyclic) bond motifs is 1. The average Bonchev–Trinajstić information content (AvgIpc) is 3.18. The predicted molar refractivity (Wildman–Crippen MR) is 93.8 cm³/mol. The number of nitrogens with zero attached hydrogens (tertiary/aromatic N) is 3. The van der Waals surface area contributed by atoms with Crippen molar-refractivity contribution in [2.75, 3.05) is 19.7 Å². The van der Waals surface area contributed by atoms with Crippen molar-refractivity contribution < 1.29 is 19.4 Å². The van der Waals surface area contributed by atoms with Gasteiger partial charge >= 0.3 is 5.97 Å². The summed E-state index contributed by atoms with van der Waals surface area (Å²) in [6, 6.07) is 6.57. The summed E-state index contributed by atoms with van der Waals surface area (Å²) in [7, 11) is 0. The second kappa shape index (κ2) is 7.65. The lowest BCUT2D eigenvalue weighted by Crippen LogP contribution is -2.38. The number of likely N-dealkylation sites (tertiary alicyclic amines) is 1. The first-order chi connectivity index (χ1) is 12.5. The topological polar surface area (TPSA) is 102 Å². The van der Waals surface area contributed by atoms with Crippen molar-refractivity contribution in [3.8, 4) is 0 Å². The number of hydrogen-bond donors (Lipinski definition) is 1. The summed E-state index contributed by atoms with van der Waals surface area (Å²) in [5.74, 6) is -1.00. The van der Waals surface area contributed by atoms with E-state index in [1.165, 1.54) is 6.92 Å². The first kappa shape index (κ1) is 18.1. The molecular formula is C18H21N3O5. The highest BCUT2D eigenvalue weighted by Crippen LogP contribution is 2.16. The Bertz CT molecular complexity index is 886. The summed E-state index contributed by atoms with van der Waals surface area (Å²) in [6.45, 7) is 2.55. The third-order valence-electron chi connectivity index (χ3n) is 4.42. The number of esters is 1.